The normalized spacial score (nSPS) is 8.90. The second-order valence-electron chi connectivity index (χ2n) is 1.77. The Hall–Kier alpha value is -0.880. The molecule has 0 spiro atoms. The fourth-order valence-corrected chi connectivity index (χ4v) is 0.778. The van der Waals surface area contributed by atoms with Crippen LogP contribution in [-0.4, -0.2) is 5.97 Å². The molecule has 0 fully saturated rings. The first kappa shape index (κ1) is 7.23. The van der Waals surface area contributed by atoms with E-state index in [1.54, 1.807) is 24.3 Å². The first-order valence-electron chi connectivity index (χ1n) is 2.80. The zero-order chi connectivity index (χ0) is 7.40. The van der Waals surface area contributed by atoms with Crippen LogP contribution in [-0.2, 0) is 4.52 Å². The summed E-state index contributed by atoms with van der Waals surface area (Å²) in [5.74, 6) is -0.328. The Kier molecular flexibility index (Phi) is 2.41. The molecule has 1 unspecified atom stereocenters. The molecule has 0 aliphatic rings. The van der Waals surface area contributed by atoms with Gasteiger partial charge in [0.1, 0.15) is 0 Å². The van der Waals surface area contributed by atoms with Gasteiger partial charge >= 0.3 is 5.97 Å². The Morgan fingerprint density at radius 3 is 2.40 bits per heavy atom. The van der Waals surface area contributed by atoms with Crippen molar-refractivity contribution < 1.29 is 9.32 Å². The molecule has 3 heteroatoms. The first-order chi connectivity index (χ1) is 4.84. The van der Waals surface area contributed by atoms with Gasteiger partial charge in [0.05, 0.1) is 15.0 Å². The summed E-state index contributed by atoms with van der Waals surface area (Å²) >= 11 is 0. The smallest absolute Gasteiger partial charge is 0.340 e. The molecule has 1 rings (SSSR count). The third-order valence-electron chi connectivity index (χ3n) is 1.12. The topological polar surface area (TPSA) is 26.3 Å². The van der Waals surface area contributed by atoms with Crippen molar-refractivity contribution >= 4 is 15.4 Å². The van der Waals surface area contributed by atoms with Crippen molar-refractivity contribution in [2.45, 2.75) is 0 Å². The zero-order valence-electron chi connectivity index (χ0n) is 5.28. The van der Waals surface area contributed by atoms with Crippen molar-refractivity contribution in [3.05, 3.63) is 35.9 Å². The summed E-state index contributed by atoms with van der Waals surface area (Å²) in [6.45, 7) is 0. The summed E-state index contributed by atoms with van der Waals surface area (Å²) in [5.41, 5.74) is 0.567. The fourth-order valence-electron chi connectivity index (χ4n) is 0.642. The molecule has 1 aromatic rings. The Morgan fingerprint density at radius 2 is 1.90 bits per heavy atom. The molecule has 0 aliphatic carbocycles. The molecule has 0 amide bonds. The van der Waals surface area contributed by atoms with Crippen molar-refractivity contribution in [2.75, 3.05) is 0 Å². The summed E-state index contributed by atoms with van der Waals surface area (Å²) in [4.78, 5) is 10.8. The molecular weight excluding hydrogens is 147 g/mol. The van der Waals surface area contributed by atoms with E-state index in [2.05, 4.69) is 4.52 Å². The molecule has 0 aliphatic heterocycles. The quantitative estimate of drug-likeness (QED) is 0.574. The standard InChI is InChI=1S/C7H7O2P/c8-7(9-10)6-4-2-1-3-5-6/h1-5H,10H2. The molecule has 10 heavy (non-hydrogen) atoms. The number of rotatable bonds is 1. The largest absolute Gasteiger partial charge is 0.448 e. The van der Waals surface area contributed by atoms with Crippen molar-refractivity contribution in [3.63, 3.8) is 0 Å². The van der Waals surface area contributed by atoms with Gasteiger partial charge in [0.2, 0.25) is 0 Å². The van der Waals surface area contributed by atoms with E-state index in [9.17, 15) is 4.79 Å². The van der Waals surface area contributed by atoms with E-state index in [-0.39, 0.29) is 5.97 Å². The lowest BCUT2D eigenvalue weighted by Crippen LogP contribution is -1.95. The van der Waals surface area contributed by atoms with Gasteiger partial charge in [-0.2, -0.15) is 0 Å². The van der Waals surface area contributed by atoms with Gasteiger partial charge in [-0.25, -0.2) is 4.79 Å². The molecule has 0 saturated carbocycles. The Bertz CT molecular complexity index is 220. The lowest BCUT2D eigenvalue weighted by molar-refractivity contribution is 0.0765. The van der Waals surface area contributed by atoms with E-state index in [0.29, 0.717) is 5.56 Å². The molecule has 1 atom stereocenters. The lowest BCUT2D eigenvalue weighted by Gasteiger charge is -1.95. The number of carbonyl (C=O) groups is 1. The SMILES string of the molecule is O=C(OP)c1ccccc1. The molecular formula is C7H7O2P. The highest BCUT2D eigenvalue weighted by Crippen LogP contribution is 2.02. The van der Waals surface area contributed by atoms with Crippen molar-refractivity contribution in [3.8, 4) is 0 Å². The molecule has 1 aromatic carbocycles. The van der Waals surface area contributed by atoms with Gasteiger partial charge in [-0.1, -0.05) is 18.2 Å². The van der Waals surface area contributed by atoms with Crippen molar-refractivity contribution in [1.29, 1.82) is 0 Å². The Labute approximate surface area is 61.5 Å². The van der Waals surface area contributed by atoms with Gasteiger partial charge in [-0.15, -0.1) is 0 Å². The summed E-state index contributed by atoms with van der Waals surface area (Å²) in [6, 6.07) is 8.83. The maximum Gasteiger partial charge on any atom is 0.340 e. The maximum absolute atomic E-state index is 10.8. The first-order valence-corrected chi connectivity index (χ1v) is 3.28. The van der Waals surface area contributed by atoms with Gasteiger partial charge in [0.25, 0.3) is 0 Å². The minimum absolute atomic E-state index is 0.328. The van der Waals surface area contributed by atoms with E-state index in [1.165, 1.54) is 0 Å². The highest BCUT2D eigenvalue weighted by atomic mass is 31.0. The molecule has 0 heterocycles. The van der Waals surface area contributed by atoms with Gasteiger partial charge in [-0.05, 0) is 12.1 Å². The van der Waals surface area contributed by atoms with Crippen LogP contribution in [0.4, 0.5) is 0 Å². The third-order valence-corrected chi connectivity index (χ3v) is 1.33. The molecule has 0 radical (unpaired) electrons. The average Bonchev–Trinajstić information content (AvgIpc) is 2.05. The van der Waals surface area contributed by atoms with Crippen LogP contribution in [0.5, 0.6) is 0 Å². The van der Waals surface area contributed by atoms with Crippen LogP contribution in [0.15, 0.2) is 30.3 Å². The Balaban J connectivity index is 2.85. The second-order valence-corrected chi connectivity index (χ2v) is 2.01. The van der Waals surface area contributed by atoms with E-state index >= 15 is 0 Å². The minimum atomic E-state index is -0.328. The van der Waals surface area contributed by atoms with Gasteiger partial charge < -0.3 is 4.52 Å². The Morgan fingerprint density at radius 1 is 1.30 bits per heavy atom. The molecule has 0 aromatic heterocycles. The number of benzene rings is 1. The molecule has 0 saturated heterocycles. The minimum Gasteiger partial charge on any atom is -0.448 e. The van der Waals surface area contributed by atoms with E-state index in [1.807, 2.05) is 15.5 Å². The fraction of sp³-hybridized carbons (Fsp3) is 0. The van der Waals surface area contributed by atoms with Gasteiger partial charge in [0.15, 0.2) is 0 Å². The van der Waals surface area contributed by atoms with Crippen LogP contribution in [0, 0.1) is 0 Å². The summed E-state index contributed by atoms with van der Waals surface area (Å²) < 4.78 is 4.41. The second kappa shape index (κ2) is 3.33. The maximum atomic E-state index is 10.8. The van der Waals surface area contributed by atoms with Crippen molar-refractivity contribution in [2.24, 2.45) is 0 Å². The third kappa shape index (κ3) is 1.55. The van der Waals surface area contributed by atoms with Gasteiger partial charge in [0, 0.05) is 0 Å². The predicted octanol–water partition coefficient (Wildman–Crippen LogP) is 1.63. The van der Waals surface area contributed by atoms with Crippen LogP contribution in [0.25, 0.3) is 0 Å². The summed E-state index contributed by atoms with van der Waals surface area (Å²) in [5, 5.41) is 0. The lowest BCUT2D eigenvalue weighted by atomic mass is 10.2. The number of carbonyl (C=O) groups excluding carboxylic acids is 1. The van der Waals surface area contributed by atoms with Crippen LogP contribution in [0.1, 0.15) is 10.4 Å². The van der Waals surface area contributed by atoms with E-state index in [4.69, 9.17) is 0 Å². The zero-order valence-corrected chi connectivity index (χ0v) is 6.44. The van der Waals surface area contributed by atoms with Gasteiger partial charge in [-0.3, -0.25) is 0 Å². The molecule has 0 bridgehead atoms. The highest BCUT2D eigenvalue weighted by molar-refractivity contribution is 7.10. The number of hydrogen-bond donors (Lipinski definition) is 0. The summed E-state index contributed by atoms with van der Waals surface area (Å²) in [6.07, 6.45) is 0. The summed E-state index contributed by atoms with van der Waals surface area (Å²) in [7, 11) is 1.92. The molecule has 52 valence electrons. The number of hydrogen-bond acceptors (Lipinski definition) is 2. The van der Waals surface area contributed by atoms with E-state index < -0.39 is 0 Å². The molecule has 2 nitrogen and oxygen atoms in total. The van der Waals surface area contributed by atoms with Crippen LogP contribution in [0.3, 0.4) is 0 Å². The average molecular weight is 154 g/mol. The van der Waals surface area contributed by atoms with Crippen LogP contribution < -0.4 is 0 Å². The van der Waals surface area contributed by atoms with Crippen molar-refractivity contribution in [1.82, 2.24) is 0 Å². The van der Waals surface area contributed by atoms with E-state index in [0.717, 1.165) is 0 Å². The molecule has 0 N–H and O–H groups in total. The van der Waals surface area contributed by atoms with Crippen LogP contribution in [0.2, 0.25) is 0 Å². The monoisotopic (exact) mass is 154 g/mol. The predicted molar refractivity (Wildman–Crippen MR) is 41.6 cm³/mol. The highest BCUT2D eigenvalue weighted by Gasteiger charge is 2.00. The van der Waals surface area contributed by atoms with Crippen LogP contribution >= 0.6 is 9.47 Å².